The number of ketones is 1. The molecule has 0 bridgehead atoms. The van der Waals surface area contributed by atoms with Gasteiger partial charge in [0, 0.05) is 11.6 Å². The molecule has 5 nitrogen and oxygen atoms in total. The third-order valence-electron chi connectivity index (χ3n) is 3.50. The zero-order valence-electron chi connectivity index (χ0n) is 13.2. The van der Waals surface area contributed by atoms with Gasteiger partial charge in [-0.1, -0.05) is 17.8 Å². The molecular weight excluding hydrogens is 296 g/mol. The molecule has 1 aromatic carbocycles. The summed E-state index contributed by atoms with van der Waals surface area (Å²) in [6, 6.07) is 5.47. The summed E-state index contributed by atoms with van der Waals surface area (Å²) < 4.78 is 0. The van der Waals surface area contributed by atoms with E-state index in [1.807, 2.05) is 39.8 Å². The van der Waals surface area contributed by atoms with E-state index in [9.17, 15) is 4.79 Å². The van der Waals surface area contributed by atoms with Crippen LogP contribution in [-0.4, -0.2) is 21.0 Å². The summed E-state index contributed by atoms with van der Waals surface area (Å²) in [6.07, 6.45) is 0. The van der Waals surface area contributed by atoms with Gasteiger partial charge in [-0.2, -0.15) is 0 Å². The molecule has 0 spiro atoms. The smallest absolute Gasteiger partial charge is 0.192 e. The van der Waals surface area contributed by atoms with E-state index >= 15 is 0 Å². The number of thioether (sulfide) groups is 1. The molecule has 1 heterocycles. The second-order valence-corrected chi connectivity index (χ2v) is 6.68. The van der Waals surface area contributed by atoms with Gasteiger partial charge in [-0.15, -0.1) is 0 Å². The predicted octanol–water partition coefficient (Wildman–Crippen LogP) is 2.93. The number of aryl methyl sites for hydroxylation is 3. The van der Waals surface area contributed by atoms with Gasteiger partial charge >= 0.3 is 0 Å². The first-order valence-electron chi connectivity index (χ1n) is 6.96. The first-order chi connectivity index (χ1) is 10.3. The van der Waals surface area contributed by atoms with Gasteiger partial charge in [0.15, 0.2) is 10.9 Å². The summed E-state index contributed by atoms with van der Waals surface area (Å²) in [4.78, 5) is 20.9. The monoisotopic (exact) mass is 316 g/mol. The molecule has 0 aliphatic rings. The van der Waals surface area contributed by atoms with Gasteiger partial charge in [-0.25, -0.2) is 9.97 Å². The number of hydrogen-bond donors (Lipinski definition) is 2. The highest BCUT2D eigenvalue weighted by atomic mass is 32.2. The van der Waals surface area contributed by atoms with Gasteiger partial charge in [0.2, 0.25) is 0 Å². The molecule has 0 aliphatic carbocycles. The number of hydrogen-bond acceptors (Lipinski definition) is 6. The highest BCUT2D eigenvalue weighted by Gasteiger charge is 2.20. The SMILES string of the molecule is Cc1cc(C)c(C(=O)C(C)Sc2nc(N)cc(N)n2)cc1C. The molecule has 0 fully saturated rings. The van der Waals surface area contributed by atoms with Crippen molar-refractivity contribution in [2.45, 2.75) is 38.1 Å². The maximum Gasteiger partial charge on any atom is 0.192 e. The lowest BCUT2D eigenvalue weighted by Gasteiger charge is -2.13. The molecule has 4 N–H and O–H groups in total. The zero-order chi connectivity index (χ0) is 16.4. The lowest BCUT2D eigenvalue weighted by Crippen LogP contribution is -2.16. The molecule has 0 amide bonds. The Morgan fingerprint density at radius 1 is 1.00 bits per heavy atom. The van der Waals surface area contributed by atoms with E-state index < -0.39 is 0 Å². The molecule has 0 saturated carbocycles. The van der Waals surface area contributed by atoms with Crippen LogP contribution in [0.2, 0.25) is 0 Å². The minimum atomic E-state index is -0.318. The van der Waals surface area contributed by atoms with Gasteiger partial charge < -0.3 is 11.5 Å². The van der Waals surface area contributed by atoms with Crippen molar-refractivity contribution < 1.29 is 4.79 Å². The van der Waals surface area contributed by atoms with Crippen LogP contribution in [0.1, 0.15) is 34.0 Å². The number of benzene rings is 1. The van der Waals surface area contributed by atoms with Gasteiger partial charge in [0.25, 0.3) is 0 Å². The Labute approximate surface area is 134 Å². The summed E-state index contributed by atoms with van der Waals surface area (Å²) in [7, 11) is 0. The molecule has 1 unspecified atom stereocenters. The van der Waals surface area contributed by atoms with Gasteiger partial charge in [-0.05, 0) is 50.5 Å². The topological polar surface area (TPSA) is 94.9 Å². The Kier molecular flexibility index (Phi) is 4.71. The molecule has 0 saturated heterocycles. The van der Waals surface area contributed by atoms with Crippen molar-refractivity contribution in [3.63, 3.8) is 0 Å². The van der Waals surface area contributed by atoms with E-state index in [-0.39, 0.29) is 11.0 Å². The number of nitrogens with zero attached hydrogens (tertiary/aromatic N) is 2. The number of aromatic nitrogens is 2. The summed E-state index contributed by atoms with van der Waals surface area (Å²) >= 11 is 1.26. The number of rotatable bonds is 4. The Hall–Kier alpha value is -2.08. The largest absolute Gasteiger partial charge is 0.383 e. The Morgan fingerprint density at radius 3 is 2.14 bits per heavy atom. The normalized spacial score (nSPS) is 12.2. The van der Waals surface area contributed by atoms with Crippen molar-refractivity contribution in [1.29, 1.82) is 0 Å². The van der Waals surface area contributed by atoms with E-state index in [1.54, 1.807) is 0 Å². The predicted molar refractivity (Wildman–Crippen MR) is 91.2 cm³/mol. The van der Waals surface area contributed by atoms with Crippen LogP contribution in [-0.2, 0) is 0 Å². The van der Waals surface area contributed by atoms with Crippen molar-refractivity contribution in [1.82, 2.24) is 9.97 Å². The number of Topliss-reactive ketones (excluding diaryl/α,β-unsaturated/α-hetero) is 1. The summed E-state index contributed by atoms with van der Waals surface area (Å²) in [6.45, 7) is 7.83. The lowest BCUT2D eigenvalue weighted by atomic mass is 9.97. The molecule has 6 heteroatoms. The molecule has 0 radical (unpaired) electrons. The lowest BCUT2D eigenvalue weighted by molar-refractivity contribution is 0.0993. The number of nitrogens with two attached hydrogens (primary N) is 2. The van der Waals surface area contributed by atoms with E-state index in [0.717, 1.165) is 16.7 Å². The average molecular weight is 316 g/mol. The molecule has 22 heavy (non-hydrogen) atoms. The van der Waals surface area contributed by atoms with Crippen LogP contribution in [0.15, 0.2) is 23.4 Å². The summed E-state index contributed by atoms with van der Waals surface area (Å²) in [5, 5.41) is 0.0989. The van der Waals surface area contributed by atoms with Crippen molar-refractivity contribution in [2.75, 3.05) is 11.5 Å². The second-order valence-electron chi connectivity index (χ2n) is 5.38. The number of carbonyl (C=O) groups is 1. The Morgan fingerprint density at radius 2 is 1.55 bits per heavy atom. The average Bonchev–Trinajstić information content (AvgIpc) is 2.40. The first kappa shape index (κ1) is 16.3. The Bertz CT molecular complexity index is 710. The van der Waals surface area contributed by atoms with Crippen LogP contribution in [0, 0.1) is 20.8 Å². The third-order valence-corrected chi connectivity index (χ3v) is 4.46. The molecule has 2 aromatic rings. The maximum atomic E-state index is 12.7. The van der Waals surface area contributed by atoms with E-state index in [4.69, 9.17) is 11.5 Å². The van der Waals surface area contributed by atoms with Crippen LogP contribution in [0.25, 0.3) is 0 Å². The van der Waals surface area contributed by atoms with Crippen LogP contribution in [0.4, 0.5) is 11.6 Å². The highest BCUT2D eigenvalue weighted by Crippen LogP contribution is 2.26. The molecule has 2 rings (SSSR count). The van der Waals surface area contributed by atoms with Crippen LogP contribution in [0.5, 0.6) is 0 Å². The van der Waals surface area contributed by atoms with E-state index in [2.05, 4.69) is 9.97 Å². The zero-order valence-corrected chi connectivity index (χ0v) is 14.0. The van der Waals surface area contributed by atoms with Crippen molar-refractivity contribution in [3.8, 4) is 0 Å². The minimum Gasteiger partial charge on any atom is -0.383 e. The van der Waals surface area contributed by atoms with Crippen molar-refractivity contribution >= 4 is 29.2 Å². The second kappa shape index (κ2) is 6.36. The maximum absolute atomic E-state index is 12.7. The van der Waals surface area contributed by atoms with E-state index in [0.29, 0.717) is 16.8 Å². The van der Waals surface area contributed by atoms with Gasteiger partial charge in [0.1, 0.15) is 11.6 Å². The minimum absolute atomic E-state index is 0.0511. The van der Waals surface area contributed by atoms with Gasteiger partial charge in [-0.3, -0.25) is 4.79 Å². The first-order valence-corrected chi connectivity index (χ1v) is 7.84. The van der Waals surface area contributed by atoms with Crippen LogP contribution < -0.4 is 11.5 Å². The fourth-order valence-corrected chi connectivity index (χ4v) is 3.04. The van der Waals surface area contributed by atoms with Crippen LogP contribution >= 0.6 is 11.8 Å². The summed E-state index contributed by atoms with van der Waals surface area (Å²) in [5.74, 6) is 0.657. The Balaban J connectivity index is 2.24. The number of anilines is 2. The number of nitrogen functional groups attached to an aromatic ring is 2. The summed E-state index contributed by atoms with van der Waals surface area (Å²) in [5.41, 5.74) is 15.3. The quantitative estimate of drug-likeness (QED) is 0.511. The van der Waals surface area contributed by atoms with Gasteiger partial charge in [0.05, 0.1) is 5.25 Å². The molecule has 1 aromatic heterocycles. The molecule has 1 atom stereocenters. The van der Waals surface area contributed by atoms with Crippen molar-refractivity contribution in [2.24, 2.45) is 0 Å². The van der Waals surface area contributed by atoms with Crippen LogP contribution in [0.3, 0.4) is 0 Å². The third kappa shape index (κ3) is 3.57. The standard InChI is InChI=1S/C16H20N4OS/c1-8-5-10(3)12(6-9(8)2)15(21)11(4)22-16-19-13(17)7-14(18)20-16/h5-7,11H,1-4H3,(H4,17,18,19,20). The van der Waals surface area contributed by atoms with E-state index in [1.165, 1.54) is 23.4 Å². The molecule has 116 valence electrons. The fraction of sp³-hybridized carbons (Fsp3) is 0.312. The fourth-order valence-electron chi connectivity index (χ4n) is 2.17. The number of carbonyl (C=O) groups excluding carboxylic acids is 1. The van der Waals surface area contributed by atoms with Crippen molar-refractivity contribution in [3.05, 3.63) is 40.5 Å². The molecular formula is C16H20N4OS. The highest BCUT2D eigenvalue weighted by molar-refractivity contribution is 8.00. The molecule has 0 aliphatic heterocycles.